The van der Waals surface area contributed by atoms with Crippen LogP contribution in [-0.4, -0.2) is 15.4 Å². The van der Waals surface area contributed by atoms with Crippen molar-refractivity contribution in [2.75, 3.05) is 7.11 Å². The summed E-state index contributed by atoms with van der Waals surface area (Å²) in [6, 6.07) is 6.74. The quantitative estimate of drug-likeness (QED) is 0.631. The zero-order valence-electron chi connectivity index (χ0n) is 10.9. The summed E-state index contributed by atoms with van der Waals surface area (Å²) in [6.45, 7) is 6.20. The van der Waals surface area contributed by atoms with Crippen LogP contribution in [0.15, 0.2) is 33.5 Å². The number of ether oxygens (including phenoxy) is 1. The maximum Gasteiger partial charge on any atom is 0.339 e. The van der Waals surface area contributed by atoms with Gasteiger partial charge in [0.25, 0.3) is 0 Å². The molecule has 0 bridgehead atoms. The van der Waals surface area contributed by atoms with E-state index in [0.717, 1.165) is 5.39 Å². The average Bonchev–Trinajstić information content (AvgIpc) is 2.25. The van der Waals surface area contributed by atoms with Gasteiger partial charge in [-0.2, -0.15) is 0 Å². The first-order valence-electron chi connectivity index (χ1n) is 5.70. The third kappa shape index (κ3) is 2.73. The van der Waals surface area contributed by atoms with Crippen LogP contribution in [0.25, 0.3) is 11.0 Å². The van der Waals surface area contributed by atoms with Crippen molar-refractivity contribution in [1.82, 2.24) is 0 Å². The molecule has 0 aliphatic heterocycles. The Hall–Kier alpha value is -1.75. The molecule has 0 unspecified atom stereocenters. The van der Waals surface area contributed by atoms with E-state index in [2.05, 4.69) is 19.6 Å². The highest BCUT2D eigenvalue weighted by molar-refractivity contribution is 6.70. The maximum atomic E-state index is 11.5. The molecule has 2 rings (SSSR count). The van der Waals surface area contributed by atoms with Crippen molar-refractivity contribution in [2.45, 2.75) is 19.6 Å². The molecular formula is C13H16O4Si. The Morgan fingerprint density at radius 1 is 1.17 bits per heavy atom. The van der Waals surface area contributed by atoms with Gasteiger partial charge in [-0.1, -0.05) is 0 Å². The van der Waals surface area contributed by atoms with Crippen LogP contribution in [0.4, 0.5) is 0 Å². The van der Waals surface area contributed by atoms with Gasteiger partial charge in [0.15, 0.2) is 0 Å². The number of hydrogen-bond acceptors (Lipinski definition) is 4. The van der Waals surface area contributed by atoms with Gasteiger partial charge in [0, 0.05) is 6.07 Å². The van der Waals surface area contributed by atoms with Gasteiger partial charge in [0.05, 0.1) is 18.6 Å². The van der Waals surface area contributed by atoms with Crippen molar-refractivity contribution in [1.29, 1.82) is 0 Å². The van der Waals surface area contributed by atoms with Gasteiger partial charge in [-0.15, -0.1) is 0 Å². The van der Waals surface area contributed by atoms with E-state index < -0.39 is 13.9 Å². The molecule has 0 N–H and O–H groups in total. The smallest absolute Gasteiger partial charge is 0.339 e. The molecule has 1 aromatic carbocycles. The third-order valence-corrected chi connectivity index (χ3v) is 3.16. The molecule has 0 saturated carbocycles. The van der Waals surface area contributed by atoms with Gasteiger partial charge in [-0.3, -0.25) is 0 Å². The van der Waals surface area contributed by atoms with Crippen LogP contribution in [0.5, 0.6) is 11.5 Å². The topological polar surface area (TPSA) is 48.7 Å². The Kier molecular flexibility index (Phi) is 3.17. The second-order valence-electron chi connectivity index (χ2n) is 5.01. The van der Waals surface area contributed by atoms with Crippen LogP contribution in [0, 0.1) is 0 Å². The van der Waals surface area contributed by atoms with E-state index in [4.69, 9.17) is 13.6 Å². The molecule has 2 aromatic rings. The summed E-state index contributed by atoms with van der Waals surface area (Å²) >= 11 is 0. The Labute approximate surface area is 106 Å². The van der Waals surface area contributed by atoms with Gasteiger partial charge in [0.2, 0.25) is 8.32 Å². The summed E-state index contributed by atoms with van der Waals surface area (Å²) in [5, 5.41) is 0.790. The molecule has 1 heterocycles. The van der Waals surface area contributed by atoms with Gasteiger partial charge in [-0.05, 0) is 31.8 Å². The first-order valence-corrected chi connectivity index (χ1v) is 9.11. The van der Waals surface area contributed by atoms with E-state index in [9.17, 15) is 4.79 Å². The van der Waals surface area contributed by atoms with Gasteiger partial charge < -0.3 is 13.6 Å². The lowest BCUT2D eigenvalue weighted by Gasteiger charge is -2.19. The summed E-state index contributed by atoms with van der Waals surface area (Å²) in [4.78, 5) is 11.5. The standard InChI is InChI=1S/C13H16O4Si/c1-15-9-5-6-10-11(7-9)16-13(14)8-12(10)17-18(2,3)4/h5-8H,1-4H3. The summed E-state index contributed by atoms with van der Waals surface area (Å²) in [5.74, 6) is 1.24. The van der Waals surface area contributed by atoms with Crippen LogP contribution < -0.4 is 14.8 Å². The minimum Gasteiger partial charge on any atom is -0.544 e. The predicted molar refractivity (Wildman–Crippen MR) is 73.0 cm³/mol. The van der Waals surface area contributed by atoms with Crippen molar-refractivity contribution in [3.8, 4) is 11.5 Å². The minimum absolute atomic E-state index is 0.413. The number of hydrogen-bond donors (Lipinski definition) is 0. The highest BCUT2D eigenvalue weighted by Crippen LogP contribution is 2.28. The summed E-state index contributed by atoms with van der Waals surface area (Å²) in [5.41, 5.74) is 0.0686. The SMILES string of the molecule is COc1ccc2c(O[Si](C)(C)C)cc(=O)oc2c1. The van der Waals surface area contributed by atoms with Crippen molar-refractivity contribution in [2.24, 2.45) is 0 Å². The second kappa shape index (κ2) is 4.49. The molecule has 4 nitrogen and oxygen atoms in total. The second-order valence-corrected chi connectivity index (χ2v) is 9.44. The van der Waals surface area contributed by atoms with Crippen molar-refractivity contribution in [3.05, 3.63) is 34.7 Å². The van der Waals surface area contributed by atoms with Gasteiger partial charge in [-0.25, -0.2) is 4.79 Å². The Bertz CT molecular complexity index is 625. The van der Waals surface area contributed by atoms with Gasteiger partial charge >= 0.3 is 5.63 Å². The normalized spacial score (nSPS) is 11.6. The molecule has 0 amide bonds. The first kappa shape index (κ1) is 12.7. The lowest BCUT2D eigenvalue weighted by atomic mass is 10.2. The molecule has 0 saturated heterocycles. The number of methoxy groups -OCH3 is 1. The van der Waals surface area contributed by atoms with Crippen LogP contribution in [0.2, 0.25) is 19.6 Å². The van der Waals surface area contributed by atoms with Crippen LogP contribution in [0.3, 0.4) is 0 Å². The predicted octanol–water partition coefficient (Wildman–Crippen LogP) is 3.02. The molecular weight excluding hydrogens is 248 g/mol. The molecule has 96 valence electrons. The molecule has 5 heteroatoms. The Balaban J connectivity index is 2.63. The van der Waals surface area contributed by atoms with E-state index in [1.807, 2.05) is 12.1 Å². The molecule has 1 aromatic heterocycles. The largest absolute Gasteiger partial charge is 0.544 e. The minimum atomic E-state index is -1.77. The number of fused-ring (bicyclic) bond motifs is 1. The fourth-order valence-electron chi connectivity index (χ4n) is 1.65. The zero-order valence-corrected chi connectivity index (χ0v) is 11.9. The fraction of sp³-hybridized carbons (Fsp3) is 0.308. The zero-order chi connectivity index (χ0) is 13.3. The first-order chi connectivity index (χ1) is 8.39. The molecule has 0 radical (unpaired) electrons. The lowest BCUT2D eigenvalue weighted by molar-refractivity contribution is 0.414. The van der Waals surface area contributed by atoms with Crippen molar-refractivity contribution in [3.63, 3.8) is 0 Å². The highest BCUT2D eigenvalue weighted by atomic mass is 28.4. The van der Waals surface area contributed by atoms with E-state index in [0.29, 0.717) is 17.1 Å². The molecule has 0 fully saturated rings. The summed E-state index contributed by atoms with van der Waals surface area (Å²) < 4.78 is 16.2. The molecule has 0 spiro atoms. The molecule has 0 atom stereocenters. The average molecular weight is 264 g/mol. The lowest BCUT2D eigenvalue weighted by Crippen LogP contribution is -2.29. The van der Waals surface area contributed by atoms with E-state index in [1.54, 1.807) is 13.2 Å². The van der Waals surface area contributed by atoms with E-state index >= 15 is 0 Å². The van der Waals surface area contributed by atoms with Gasteiger partial charge in [0.1, 0.15) is 17.1 Å². The van der Waals surface area contributed by atoms with Crippen molar-refractivity contribution < 1.29 is 13.6 Å². The third-order valence-electron chi connectivity index (χ3n) is 2.33. The van der Waals surface area contributed by atoms with Crippen LogP contribution in [-0.2, 0) is 0 Å². The number of rotatable bonds is 3. The molecule has 0 aliphatic carbocycles. The molecule has 18 heavy (non-hydrogen) atoms. The monoisotopic (exact) mass is 264 g/mol. The van der Waals surface area contributed by atoms with E-state index in [1.165, 1.54) is 6.07 Å². The van der Waals surface area contributed by atoms with Crippen LogP contribution in [0.1, 0.15) is 0 Å². The summed E-state index contributed by atoms with van der Waals surface area (Å²) in [6.07, 6.45) is 0. The Morgan fingerprint density at radius 2 is 1.89 bits per heavy atom. The maximum absolute atomic E-state index is 11.5. The number of benzene rings is 1. The fourth-order valence-corrected chi connectivity index (χ4v) is 2.48. The van der Waals surface area contributed by atoms with Crippen molar-refractivity contribution >= 4 is 19.3 Å². The molecule has 0 aliphatic rings. The Morgan fingerprint density at radius 3 is 2.50 bits per heavy atom. The van der Waals surface area contributed by atoms with Crippen LogP contribution >= 0.6 is 0 Å². The highest BCUT2D eigenvalue weighted by Gasteiger charge is 2.19. The van der Waals surface area contributed by atoms with E-state index in [-0.39, 0.29) is 0 Å². The summed E-state index contributed by atoms with van der Waals surface area (Å²) in [7, 11) is -0.201.